The Hall–Kier alpha value is -0.730. The SMILES string of the molecule is CC(C)(C)[C@@H]1C[C@H]2[C@@H]1CN1C(=O)OC[C@H]21. The predicted octanol–water partition coefficient (Wildman–Crippen LogP) is 2.12. The van der Waals surface area contributed by atoms with Crippen LogP contribution < -0.4 is 0 Å². The van der Waals surface area contributed by atoms with Crippen LogP contribution in [0.2, 0.25) is 0 Å². The average Bonchev–Trinajstić information content (AvgIpc) is 2.51. The van der Waals surface area contributed by atoms with Crippen molar-refractivity contribution in [3.05, 3.63) is 0 Å². The minimum Gasteiger partial charge on any atom is -0.447 e. The monoisotopic (exact) mass is 209 g/mol. The largest absolute Gasteiger partial charge is 0.447 e. The first-order valence-corrected chi connectivity index (χ1v) is 5.92. The molecule has 2 aliphatic heterocycles. The van der Waals surface area contributed by atoms with Gasteiger partial charge in [0.25, 0.3) is 0 Å². The number of nitrogens with zero attached hydrogens (tertiary/aromatic N) is 1. The maximum Gasteiger partial charge on any atom is 0.410 e. The van der Waals surface area contributed by atoms with Crippen LogP contribution in [0.25, 0.3) is 0 Å². The van der Waals surface area contributed by atoms with Gasteiger partial charge in [-0.25, -0.2) is 4.79 Å². The highest BCUT2D eigenvalue weighted by Crippen LogP contribution is 2.56. The molecule has 0 N–H and O–H groups in total. The Morgan fingerprint density at radius 1 is 1.33 bits per heavy atom. The van der Waals surface area contributed by atoms with E-state index in [0.717, 1.165) is 24.3 Å². The van der Waals surface area contributed by atoms with Crippen molar-refractivity contribution in [2.24, 2.45) is 23.2 Å². The second kappa shape index (κ2) is 2.69. The Kier molecular flexibility index (Phi) is 1.70. The summed E-state index contributed by atoms with van der Waals surface area (Å²) in [6.07, 6.45) is 1.20. The summed E-state index contributed by atoms with van der Waals surface area (Å²) < 4.78 is 5.08. The van der Waals surface area contributed by atoms with Gasteiger partial charge >= 0.3 is 6.09 Å². The summed E-state index contributed by atoms with van der Waals surface area (Å²) in [6, 6.07) is 0.404. The van der Waals surface area contributed by atoms with Gasteiger partial charge in [-0.2, -0.15) is 0 Å². The molecule has 15 heavy (non-hydrogen) atoms. The Balaban J connectivity index is 1.77. The molecule has 0 aromatic rings. The van der Waals surface area contributed by atoms with E-state index in [1.54, 1.807) is 0 Å². The number of hydrogen-bond donors (Lipinski definition) is 0. The molecule has 0 aromatic heterocycles. The maximum absolute atomic E-state index is 11.4. The second-order valence-electron chi connectivity index (χ2n) is 6.33. The minimum atomic E-state index is -0.0814. The quantitative estimate of drug-likeness (QED) is 0.611. The highest BCUT2D eigenvalue weighted by Gasteiger charge is 2.59. The van der Waals surface area contributed by atoms with Crippen LogP contribution in [-0.4, -0.2) is 30.2 Å². The zero-order valence-corrected chi connectivity index (χ0v) is 9.69. The molecule has 3 rings (SSSR count). The fraction of sp³-hybridized carbons (Fsp3) is 0.917. The van der Waals surface area contributed by atoms with Crippen molar-refractivity contribution in [3.8, 4) is 0 Å². The molecule has 1 saturated carbocycles. The first-order chi connectivity index (χ1) is 6.98. The molecule has 1 amide bonds. The van der Waals surface area contributed by atoms with Gasteiger partial charge in [0.15, 0.2) is 0 Å². The van der Waals surface area contributed by atoms with E-state index in [9.17, 15) is 4.79 Å². The van der Waals surface area contributed by atoms with Gasteiger partial charge in [0.05, 0.1) is 6.04 Å². The molecule has 3 fully saturated rings. The number of fused-ring (bicyclic) bond motifs is 3. The van der Waals surface area contributed by atoms with Crippen molar-refractivity contribution >= 4 is 6.09 Å². The van der Waals surface area contributed by atoms with Crippen LogP contribution in [0.3, 0.4) is 0 Å². The van der Waals surface area contributed by atoms with E-state index in [4.69, 9.17) is 4.74 Å². The summed E-state index contributed by atoms with van der Waals surface area (Å²) in [7, 11) is 0. The Morgan fingerprint density at radius 3 is 2.73 bits per heavy atom. The predicted molar refractivity (Wildman–Crippen MR) is 56.4 cm³/mol. The van der Waals surface area contributed by atoms with Crippen molar-refractivity contribution < 1.29 is 9.53 Å². The highest BCUT2D eigenvalue weighted by atomic mass is 16.6. The van der Waals surface area contributed by atoms with Crippen LogP contribution in [-0.2, 0) is 4.74 Å². The molecular weight excluding hydrogens is 190 g/mol. The van der Waals surface area contributed by atoms with Gasteiger partial charge in [-0.1, -0.05) is 20.8 Å². The zero-order chi connectivity index (χ0) is 10.8. The van der Waals surface area contributed by atoms with Gasteiger partial charge in [0.1, 0.15) is 6.61 Å². The van der Waals surface area contributed by atoms with Crippen LogP contribution in [0.4, 0.5) is 4.79 Å². The molecule has 84 valence electrons. The molecule has 3 nitrogen and oxygen atoms in total. The molecule has 2 saturated heterocycles. The lowest BCUT2D eigenvalue weighted by Crippen LogP contribution is -2.45. The molecule has 0 radical (unpaired) electrons. The number of carbonyl (C=O) groups excluding carboxylic acids is 1. The topological polar surface area (TPSA) is 29.5 Å². The van der Waals surface area contributed by atoms with Gasteiger partial charge in [0, 0.05) is 6.54 Å². The number of cyclic esters (lactones) is 1. The minimum absolute atomic E-state index is 0.0814. The Morgan fingerprint density at radius 2 is 2.07 bits per heavy atom. The van der Waals surface area contributed by atoms with E-state index in [2.05, 4.69) is 20.8 Å². The van der Waals surface area contributed by atoms with E-state index in [0.29, 0.717) is 18.1 Å². The van der Waals surface area contributed by atoms with E-state index in [-0.39, 0.29) is 6.09 Å². The number of rotatable bonds is 0. The molecule has 1 aliphatic carbocycles. The van der Waals surface area contributed by atoms with Gasteiger partial charge in [-0.15, -0.1) is 0 Å². The van der Waals surface area contributed by atoms with E-state index in [1.165, 1.54) is 6.42 Å². The normalized spacial score (nSPS) is 43.4. The molecule has 2 heterocycles. The standard InChI is InChI=1S/C12H19NO2/c1-12(2,3)9-4-7-8(9)5-13-10(7)6-15-11(13)14/h7-10H,4-6H2,1-3H3/t7-,8-,9+,10+/m0/s1. The van der Waals surface area contributed by atoms with Crippen molar-refractivity contribution in [2.45, 2.75) is 33.2 Å². The molecule has 3 aliphatic rings. The van der Waals surface area contributed by atoms with Crippen LogP contribution in [0.5, 0.6) is 0 Å². The molecular formula is C12H19NO2. The van der Waals surface area contributed by atoms with Gasteiger partial charge < -0.3 is 9.64 Å². The van der Waals surface area contributed by atoms with Crippen LogP contribution in [0.1, 0.15) is 27.2 Å². The van der Waals surface area contributed by atoms with Crippen molar-refractivity contribution in [1.29, 1.82) is 0 Å². The third-order valence-electron chi connectivity index (χ3n) is 4.62. The van der Waals surface area contributed by atoms with Crippen LogP contribution in [0.15, 0.2) is 0 Å². The fourth-order valence-corrected chi connectivity index (χ4v) is 3.70. The smallest absolute Gasteiger partial charge is 0.410 e. The van der Waals surface area contributed by atoms with Crippen molar-refractivity contribution in [2.75, 3.05) is 13.2 Å². The molecule has 0 bridgehead atoms. The first-order valence-electron chi connectivity index (χ1n) is 5.92. The molecule has 3 heteroatoms. The third kappa shape index (κ3) is 1.15. The van der Waals surface area contributed by atoms with E-state index < -0.39 is 0 Å². The number of hydrogen-bond acceptors (Lipinski definition) is 2. The van der Waals surface area contributed by atoms with Crippen LogP contribution >= 0.6 is 0 Å². The average molecular weight is 209 g/mol. The number of ether oxygens (including phenoxy) is 1. The Labute approximate surface area is 90.8 Å². The summed E-state index contributed by atoms with van der Waals surface area (Å²) in [5.74, 6) is 2.25. The van der Waals surface area contributed by atoms with Gasteiger partial charge in [-0.3, -0.25) is 0 Å². The van der Waals surface area contributed by atoms with Gasteiger partial charge in [0.2, 0.25) is 0 Å². The number of amides is 1. The van der Waals surface area contributed by atoms with E-state index >= 15 is 0 Å². The lowest BCUT2D eigenvalue weighted by Gasteiger charge is -2.48. The summed E-state index contributed by atoms with van der Waals surface area (Å²) in [4.78, 5) is 13.4. The fourth-order valence-electron chi connectivity index (χ4n) is 3.70. The summed E-state index contributed by atoms with van der Waals surface area (Å²) >= 11 is 0. The molecule has 0 aromatic carbocycles. The molecule has 4 atom stereocenters. The van der Waals surface area contributed by atoms with Gasteiger partial charge in [-0.05, 0) is 29.6 Å². The third-order valence-corrected chi connectivity index (χ3v) is 4.62. The molecule has 0 unspecified atom stereocenters. The van der Waals surface area contributed by atoms with E-state index in [1.807, 2.05) is 4.90 Å². The first kappa shape index (κ1) is 9.49. The summed E-state index contributed by atoms with van der Waals surface area (Å²) in [6.45, 7) is 8.52. The zero-order valence-electron chi connectivity index (χ0n) is 9.69. The maximum atomic E-state index is 11.4. The van der Waals surface area contributed by atoms with Crippen LogP contribution in [0, 0.1) is 23.2 Å². The lowest BCUT2D eigenvalue weighted by atomic mass is 9.56. The van der Waals surface area contributed by atoms with Crippen molar-refractivity contribution in [1.82, 2.24) is 4.90 Å². The molecule has 0 spiro atoms. The summed E-state index contributed by atoms with van der Waals surface area (Å²) in [5, 5.41) is 0. The lowest BCUT2D eigenvalue weighted by molar-refractivity contribution is 0.00395. The highest BCUT2D eigenvalue weighted by molar-refractivity contribution is 5.71. The van der Waals surface area contributed by atoms with Crippen molar-refractivity contribution in [3.63, 3.8) is 0 Å². The Bertz CT molecular complexity index is 307. The number of carbonyl (C=O) groups is 1. The summed E-state index contributed by atoms with van der Waals surface area (Å²) in [5.41, 5.74) is 0.394. The second-order valence-corrected chi connectivity index (χ2v) is 6.33.